The summed E-state index contributed by atoms with van der Waals surface area (Å²) in [5.41, 5.74) is 3.09. The van der Waals surface area contributed by atoms with E-state index in [0.717, 1.165) is 18.4 Å². The van der Waals surface area contributed by atoms with Crippen molar-refractivity contribution in [1.29, 1.82) is 0 Å². The predicted molar refractivity (Wildman–Crippen MR) is 117 cm³/mol. The number of hydrogen-bond acceptors (Lipinski definition) is 2. The van der Waals surface area contributed by atoms with E-state index in [0.29, 0.717) is 13.1 Å². The van der Waals surface area contributed by atoms with Gasteiger partial charge in [0.2, 0.25) is 11.8 Å². The molecule has 0 aromatic heterocycles. The Bertz CT molecular complexity index is 829. The second kappa shape index (κ2) is 8.81. The van der Waals surface area contributed by atoms with Crippen molar-refractivity contribution in [3.63, 3.8) is 0 Å². The third kappa shape index (κ3) is 5.26. The normalized spacial score (nSPS) is 16.3. The van der Waals surface area contributed by atoms with Gasteiger partial charge in [-0.1, -0.05) is 75.4 Å². The van der Waals surface area contributed by atoms with Crippen LogP contribution < -0.4 is 5.32 Å². The molecule has 1 atom stereocenters. The zero-order valence-electron chi connectivity index (χ0n) is 17.9. The standard InChI is InChI=1S/C25H32N2O2/c1-18(19-10-12-21(13-11-19)20-8-6-5-7-9-20)26-23(28)22-14-16-27(17-15-22)24(29)25(2,3)4/h5-13,18,22H,14-17H2,1-4H3,(H,26,28). The summed E-state index contributed by atoms with van der Waals surface area (Å²) in [6.45, 7) is 9.17. The zero-order valence-corrected chi connectivity index (χ0v) is 17.9. The highest BCUT2D eigenvalue weighted by atomic mass is 16.2. The molecular formula is C25H32N2O2. The van der Waals surface area contributed by atoms with E-state index in [1.807, 2.05) is 50.8 Å². The molecule has 1 fully saturated rings. The van der Waals surface area contributed by atoms with E-state index in [1.54, 1.807) is 0 Å². The van der Waals surface area contributed by atoms with Gasteiger partial charge in [-0.3, -0.25) is 9.59 Å². The fraction of sp³-hybridized carbons (Fsp3) is 0.440. The van der Waals surface area contributed by atoms with Crippen LogP contribution in [0.4, 0.5) is 0 Å². The van der Waals surface area contributed by atoms with Gasteiger partial charge in [0, 0.05) is 24.4 Å². The molecule has 1 aliphatic rings. The highest BCUT2D eigenvalue weighted by Gasteiger charge is 2.32. The van der Waals surface area contributed by atoms with Gasteiger partial charge in [0.05, 0.1) is 6.04 Å². The first kappa shape index (κ1) is 21.1. The van der Waals surface area contributed by atoms with Crippen molar-refractivity contribution in [1.82, 2.24) is 10.2 Å². The average Bonchev–Trinajstić information content (AvgIpc) is 2.73. The highest BCUT2D eigenvalue weighted by molar-refractivity contribution is 5.83. The number of amides is 2. The average molecular weight is 393 g/mol. The van der Waals surface area contributed by atoms with Crippen LogP contribution in [0.25, 0.3) is 11.1 Å². The number of rotatable bonds is 4. The lowest BCUT2D eigenvalue weighted by Crippen LogP contribution is -2.46. The summed E-state index contributed by atoms with van der Waals surface area (Å²) in [6.07, 6.45) is 1.46. The quantitative estimate of drug-likeness (QED) is 0.811. The van der Waals surface area contributed by atoms with Crippen LogP contribution in [0.2, 0.25) is 0 Å². The molecule has 154 valence electrons. The predicted octanol–water partition coefficient (Wildman–Crippen LogP) is 4.82. The summed E-state index contributed by atoms with van der Waals surface area (Å²) >= 11 is 0. The van der Waals surface area contributed by atoms with Gasteiger partial charge < -0.3 is 10.2 Å². The van der Waals surface area contributed by atoms with Crippen molar-refractivity contribution in [2.45, 2.75) is 46.6 Å². The molecule has 1 N–H and O–H groups in total. The van der Waals surface area contributed by atoms with E-state index in [4.69, 9.17) is 0 Å². The van der Waals surface area contributed by atoms with Crippen molar-refractivity contribution in [2.24, 2.45) is 11.3 Å². The van der Waals surface area contributed by atoms with Crippen LogP contribution in [-0.2, 0) is 9.59 Å². The van der Waals surface area contributed by atoms with Gasteiger partial charge in [-0.15, -0.1) is 0 Å². The lowest BCUT2D eigenvalue weighted by molar-refractivity contribution is -0.142. The molecule has 3 rings (SSSR count). The molecule has 0 saturated carbocycles. The fourth-order valence-electron chi connectivity index (χ4n) is 3.83. The first-order valence-electron chi connectivity index (χ1n) is 10.5. The highest BCUT2D eigenvalue weighted by Crippen LogP contribution is 2.25. The minimum Gasteiger partial charge on any atom is -0.349 e. The smallest absolute Gasteiger partial charge is 0.227 e. The summed E-state index contributed by atoms with van der Waals surface area (Å²) in [5, 5.41) is 3.16. The number of nitrogens with zero attached hydrogens (tertiary/aromatic N) is 1. The third-order valence-electron chi connectivity index (χ3n) is 5.67. The number of carbonyl (C=O) groups excluding carboxylic acids is 2. The molecule has 2 aromatic rings. The Morgan fingerprint density at radius 2 is 1.48 bits per heavy atom. The van der Waals surface area contributed by atoms with Crippen LogP contribution in [0.1, 0.15) is 52.1 Å². The summed E-state index contributed by atoms with van der Waals surface area (Å²) in [4.78, 5) is 27.0. The topological polar surface area (TPSA) is 49.4 Å². The molecule has 1 heterocycles. The molecule has 1 aliphatic heterocycles. The van der Waals surface area contributed by atoms with E-state index in [9.17, 15) is 9.59 Å². The first-order chi connectivity index (χ1) is 13.8. The number of likely N-dealkylation sites (tertiary alicyclic amines) is 1. The number of hydrogen-bond donors (Lipinski definition) is 1. The molecule has 0 bridgehead atoms. The number of benzene rings is 2. The minimum atomic E-state index is -0.366. The molecular weight excluding hydrogens is 360 g/mol. The molecule has 0 spiro atoms. The monoisotopic (exact) mass is 392 g/mol. The Balaban J connectivity index is 1.54. The van der Waals surface area contributed by atoms with Gasteiger partial charge >= 0.3 is 0 Å². The van der Waals surface area contributed by atoms with Gasteiger partial charge in [-0.2, -0.15) is 0 Å². The maximum atomic E-state index is 12.7. The van der Waals surface area contributed by atoms with Crippen LogP contribution >= 0.6 is 0 Å². The Morgan fingerprint density at radius 3 is 2.03 bits per heavy atom. The fourth-order valence-corrected chi connectivity index (χ4v) is 3.83. The number of nitrogens with one attached hydrogen (secondary N) is 1. The van der Waals surface area contributed by atoms with Gasteiger partial charge in [-0.25, -0.2) is 0 Å². The van der Waals surface area contributed by atoms with Gasteiger partial charge in [0.1, 0.15) is 0 Å². The molecule has 4 heteroatoms. The maximum Gasteiger partial charge on any atom is 0.227 e. The molecule has 29 heavy (non-hydrogen) atoms. The van der Waals surface area contributed by atoms with Crippen molar-refractivity contribution >= 4 is 11.8 Å². The summed E-state index contributed by atoms with van der Waals surface area (Å²) in [7, 11) is 0. The Hall–Kier alpha value is -2.62. The van der Waals surface area contributed by atoms with E-state index >= 15 is 0 Å². The third-order valence-corrected chi connectivity index (χ3v) is 5.67. The SMILES string of the molecule is CC(NC(=O)C1CCN(C(=O)C(C)(C)C)CC1)c1ccc(-c2ccccc2)cc1. The summed E-state index contributed by atoms with van der Waals surface area (Å²) < 4.78 is 0. The molecule has 4 nitrogen and oxygen atoms in total. The summed E-state index contributed by atoms with van der Waals surface area (Å²) in [6, 6.07) is 18.6. The molecule has 1 unspecified atom stereocenters. The molecule has 0 aliphatic carbocycles. The Kier molecular flexibility index (Phi) is 6.41. The first-order valence-corrected chi connectivity index (χ1v) is 10.5. The van der Waals surface area contributed by atoms with Crippen LogP contribution in [-0.4, -0.2) is 29.8 Å². The molecule has 1 saturated heterocycles. The van der Waals surface area contributed by atoms with Crippen LogP contribution in [0.5, 0.6) is 0 Å². The van der Waals surface area contributed by atoms with Crippen molar-refractivity contribution in [2.75, 3.05) is 13.1 Å². The van der Waals surface area contributed by atoms with Crippen molar-refractivity contribution in [3.05, 3.63) is 60.2 Å². The van der Waals surface area contributed by atoms with Gasteiger partial charge in [0.25, 0.3) is 0 Å². The maximum absolute atomic E-state index is 12.7. The van der Waals surface area contributed by atoms with Gasteiger partial charge in [0.15, 0.2) is 0 Å². The minimum absolute atomic E-state index is 0.0231. The van der Waals surface area contributed by atoms with E-state index in [2.05, 4.69) is 41.7 Å². The van der Waals surface area contributed by atoms with Crippen LogP contribution in [0.3, 0.4) is 0 Å². The number of carbonyl (C=O) groups is 2. The molecule has 2 aromatic carbocycles. The molecule has 0 radical (unpaired) electrons. The largest absolute Gasteiger partial charge is 0.349 e. The second-order valence-corrected chi connectivity index (χ2v) is 9.03. The molecule has 2 amide bonds. The second-order valence-electron chi connectivity index (χ2n) is 9.03. The Morgan fingerprint density at radius 1 is 0.931 bits per heavy atom. The van der Waals surface area contributed by atoms with Gasteiger partial charge in [-0.05, 0) is 36.5 Å². The lowest BCUT2D eigenvalue weighted by Gasteiger charge is -2.35. The lowest BCUT2D eigenvalue weighted by atomic mass is 9.90. The Labute approximate surface area is 174 Å². The summed E-state index contributed by atoms with van der Waals surface area (Å²) in [5.74, 6) is 0.237. The van der Waals surface area contributed by atoms with Crippen molar-refractivity contribution in [3.8, 4) is 11.1 Å². The van der Waals surface area contributed by atoms with E-state index < -0.39 is 0 Å². The van der Waals surface area contributed by atoms with Crippen LogP contribution in [0.15, 0.2) is 54.6 Å². The zero-order chi connectivity index (χ0) is 21.0. The number of piperidine rings is 1. The van der Waals surface area contributed by atoms with E-state index in [1.165, 1.54) is 11.1 Å². The van der Waals surface area contributed by atoms with Crippen molar-refractivity contribution < 1.29 is 9.59 Å². The van der Waals surface area contributed by atoms with Crippen LogP contribution in [0, 0.1) is 11.3 Å². The van der Waals surface area contributed by atoms with E-state index in [-0.39, 0.29) is 29.2 Å².